The van der Waals surface area contributed by atoms with E-state index in [4.69, 9.17) is 10.5 Å². The van der Waals surface area contributed by atoms with Gasteiger partial charge in [0, 0.05) is 18.7 Å². The number of benzene rings is 1. The van der Waals surface area contributed by atoms with E-state index in [1.165, 1.54) is 25.3 Å². The van der Waals surface area contributed by atoms with Gasteiger partial charge in [0.15, 0.2) is 0 Å². The topological polar surface area (TPSA) is 107 Å². The van der Waals surface area contributed by atoms with Gasteiger partial charge >= 0.3 is 0 Å². The summed E-state index contributed by atoms with van der Waals surface area (Å²) < 4.78 is 5.06. The third-order valence-electron chi connectivity index (χ3n) is 2.77. The third-order valence-corrected chi connectivity index (χ3v) is 2.77. The molecule has 0 fully saturated rings. The second-order valence-electron chi connectivity index (χ2n) is 4.68. The van der Waals surface area contributed by atoms with E-state index >= 15 is 0 Å². The van der Waals surface area contributed by atoms with Gasteiger partial charge in [-0.1, -0.05) is 0 Å². The predicted molar refractivity (Wildman–Crippen MR) is 71.1 cm³/mol. The summed E-state index contributed by atoms with van der Waals surface area (Å²) in [5.41, 5.74) is 4.87. The Morgan fingerprint density at radius 3 is 2.63 bits per heavy atom. The van der Waals surface area contributed by atoms with Gasteiger partial charge in [0.05, 0.1) is 23.1 Å². The Morgan fingerprint density at radius 1 is 1.53 bits per heavy atom. The summed E-state index contributed by atoms with van der Waals surface area (Å²) in [5.74, 6) is 0.0283. The Morgan fingerprint density at radius 2 is 2.16 bits per heavy atom. The highest BCUT2D eigenvalue weighted by Crippen LogP contribution is 2.30. The van der Waals surface area contributed by atoms with Crippen LogP contribution in [-0.4, -0.2) is 24.5 Å². The first-order valence-electron chi connectivity index (χ1n) is 5.66. The number of hydrogen-bond donors (Lipinski definition) is 2. The average molecular weight is 267 g/mol. The lowest BCUT2D eigenvalue weighted by Crippen LogP contribution is -2.37. The minimum Gasteiger partial charge on any atom is -0.495 e. The summed E-state index contributed by atoms with van der Waals surface area (Å²) in [6, 6.07) is 4.00. The Labute approximate surface area is 110 Å². The van der Waals surface area contributed by atoms with E-state index in [1.54, 1.807) is 13.8 Å². The molecule has 0 bridgehead atoms. The van der Waals surface area contributed by atoms with Crippen LogP contribution in [0, 0.1) is 15.5 Å². The maximum absolute atomic E-state index is 12.0. The first-order chi connectivity index (χ1) is 8.81. The van der Waals surface area contributed by atoms with Gasteiger partial charge in [0.2, 0.25) is 5.91 Å². The number of non-ortho nitro benzene ring substituents is 1. The van der Waals surface area contributed by atoms with Crippen LogP contribution in [0.2, 0.25) is 0 Å². The zero-order valence-electron chi connectivity index (χ0n) is 11.1. The SMILES string of the molecule is COc1ccc([N+](=O)[O-])cc1NC(=O)C(C)(C)CN. The van der Waals surface area contributed by atoms with Crippen LogP contribution in [0.1, 0.15) is 13.8 Å². The van der Waals surface area contributed by atoms with Gasteiger partial charge in [-0.25, -0.2) is 0 Å². The van der Waals surface area contributed by atoms with E-state index in [0.29, 0.717) is 5.75 Å². The standard InChI is InChI=1S/C12H17N3O4/c1-12(2,7-13)11(16)14-9-6-8(15(17)18)4-5-10(9)19-3/h4-6H,7,13H2,1-3H3,(H,14,16). The average Bonchev–Trinajstić information content (AvgIpc) is 2.38. The van der Waals surface area contributed by atoms with Crippen LogP contribution in [0.15, 0.2) is 18.2 Å². The molecule has 7 heteroatoms. The minimum absolute atomic E-state index is 0.123. The first-order valence-corrected chi connectivity index (χ1v) is 5.66. The second kappa shape index (κ2) is 5.66. The van der Waals surface area contributed by atoms with Crippen molar-refractivity contribution in [2.24, 2.45) is 11.1 Å². The van der Waals surface area contributed by atoms with Crippen LogP contribution in [-0.2, 0) is 4.79 Å². The first kappa shape index (κ1) is 14.9. The molecule has 0 saturated carbocycles. The van der Waals surface area contributed by atoms with E-state index in [1.807, 2.05) is 0 Å². The number of hydrogen-bond acceptors (Lipinski definition) is 5. The molecule has 0 aliphatic heterocycles. The number of nitro benzene ring substituents is 1. The summed E-state index contributed by atoms with van der Waals surface area (Å²) in [6.45, 7) is 3.54. The number of carbonyl (C=O) groups excluding carboxylic acids is 1. The Kier molecular flexibility index (Phi) is 4.44. The number of amides is 1. The van der Waals surface area contributed by atoms with Gasteiger partial charge in [0.1, 0.15) is 5.75 Å². The van der Waals surface area contributed by atoms with Crippen LogP contribution in [0.25, 0.3) is 0 Å². The maximum Gasteiger partial charge on any atom is 0.271 e. The molecule has 0 spiro atoms. The lowest BCUT2D eigenvalue weighted by molar-refractivity contribution is -0.384. The Bertz CT molecular complexity index is 500. The fraction of sp³-hybridized carbons (Fsp3) is 0.417. The molecule has 0 aliphatic carbocycles. The minimum atomic E-state index is -0.768. The van der Waals surface area contributed by atoms with Gasteiger partial charge in [-0.15, -0.1) is 0 Å². The summed E-state index contributed by atoms with van der Waals surface area (Å²) in [6.07, 6.45) is 0. The molecule has 3 N–H and O–H groups in total. The van der Waals surface area contributed by atoms with Crippen molar-refractivity contribution < 1.29 is 14.5 Å². The van der Waals surface area contributed by atoms with Crippen molar-refractivity contribution in [3.05, 3.63) is 28.3 Å². The molecule has 1 amide bonds. The van der Waals surface area contributed by atoms with E-state index in [0.717, 1.165) is 0 Å². The summed E-state index contributed by atoms with van der Waals surface area (Å²) >= 11 is 0. The molecule has 0 heterocycles. The predicted octanol–water partition coefficient (Wildman–Crippen LogP) is 1.53. The van der Waals surface area contributed by atoms with Gasteiger partial charge in [0.25, 0.3) is 5.69 Å². The van der Waals surface area contributed by atoms with Gasteiger partial charge in [-0.3, -0.25) is 14.9 Å². The zero-order valence-corrected chi connectivity index (χ0v) is 11.1. The molecule has 0 aliphatic rings. The number of methoxy groups -OCH3 is 1. The van der Waals surface area contributed by atoms with Gasteiger partial charge in [-0.05, 0) is 19.9 Å². The number of rotatable bonds is 5. The molecule has 1 rings (SSSR count). The highest BCUT2D eigenvalue weighted by Gasteiger charge is 2.27. The van der Waals surface area contributed by atoms with Crippen molar-refractivity contribution in [3.63, 3.8) is 0 Å². The van der Waals surface area contributed by atoms with Crippen LogP contribution in [0.3, 0.4) is 0 Å². The molecule has 1 aromatic rings. The van der Waals surface area contributed by atoms with E-state index < -0.39 is 10.3 Å². The summed E-state index contributed by atoms with van der Waals surface area (Å²) in [5, 5.41) is 13.3. The number of nitro groups is 1. The van der Waals surface area contributed by atoms with Crippen molar-refractivity contribution in [3.8, 4) is 5.75 Å². The maximum atomic E-state index is 12.0. The van der Waals surface area contributed by atoms with Crippen LogP contribution < -0.4 is 15.8 Å². The van der Waals surface area contributed by atoms with E-state index in [-0.39, 0.29) is 23.8 Å². The summed E-state index contributed by atoms with van der Waals surface area (Å²) in [7, 11) is 1.42. The Hall–Kier alpha value is -2.15. The van der Waals surface area contributed by atoms with Crippen LogP contribution in [0.5, 0.6) is 5.75 Å². The molecule has 0 atom stereocenters. The van der Waals surface area contributed by atoms with Gasteiger partial charge in [-0.2, -0.15) is 0 Å². The normalized spacial score (nSPS) is 10.9. The zero-order chi connectivity index (χ0) is 14.6. The fourth-order valence-electron chi connectivity index (χ4n) is 1.29. The van der Waals surface area contributed by atoms with Crippen molar-refractivity contribution in [1.29, 1.82) is 0 Å². The van der Waals surface area contributed by atoms with E-state index in [9.17, 15) is 14.9 Å². The number of nitrogens with one attached hydrogen (secondary N) is 1. The molecule has 0 aromatic heterocycles. The van der Waals surface area contributed by atoms with Crippen molar-refractivity contribution in [2.45, 2.75) is 13.8 Å². The van der Waals surface area contributed by atoms with Crippen molar-refractivity contribution >= 4 is 17.3 Å². The molecule has 0 radical (unpaired) electrons. The highest BCUT2D eigenvalue weighted by atomic mass is 16.6. The quantitative estimate of drug-likeness (QED) is 0.621. The fourth-order valence-corrected chi connectivity index (χ4v) is 1.29. The molecular formula is C12H17N3O4. The summed E-state index contributed by atoms with van der Waals surface area (Å²) in [4.78, 5) is 22.2. The number of nitrogens with two attached hydrogens (primary N) is 1. The molecule has 0 saturated heterocycles. The lowest BCUT2D eigenvalue weighted by Gasteiger charge is -2.21. The molecule has 19 heavy (non-hydrogen) atoms. The number of ether oxygens (including phenoxy) is 1. The molecule has 104 valence electrons. The lowest BCUT2D eigenvalue weighted by atomic mass is 9.92. The Balaban J connectivity index is 3.08. The van der Waals surface area contributed by atoms with Gasteiger partial charge < -0.3 is 15.8 Å². The number of anilines is 1. The number of nitrogens with zero attached hydrogens (tertiary/aromatic N) is 1. The molecule has 1 aromatic carbocycles. The van der Waals surface area contributed by atoms with Crippen molar-refractivity contribution in [1.82, 2.24) is 0 Å². The molecule has 0 unspecified atom stereocenters. The number of carbonyl (C=O) groups is 1. The molecular weight excluding hydrogens is 250 g/mol. The van der Waals surface area contributed by atoms with E-state index in [2.05, 4.69) is 5.32 Å². The third kappa shape index (κ3) is 3.41. The highest BCUT2D eigenvalue weighted by molar-refractivity contribution is 5.96. The van der Waals surface area contributed by atoms with Crippen LogP contribution in [0.4, 0.5) is 11.4 Å². The van der Waals surface area contributed by atoms with Crippen LogP contribution >= 0.6 is 0 Å². The monoisotopic (exact) mass is 267 g/mol. The molecule has 7 nitrogen and oxygen atoms in total. The smallest absolute Gasteiger partial charge is 0.271 e. The largest absolute Gasteiger partial charge is 0.495 e. The van der Waals surface area contributed by atoms with Crippen molar-refractivity contribution in [2.75, 3.05) is 19.0 Å². The second-order valence-corrected chi connectivity index (χ2v) is 4.68.